The van der Waals surface area contributed by atoms with Gasteiger partial charge in [0.1, 0.15) is 5.75 Å². The van der Waals surface area contributed by atoms with Crippen LogP contribution in [0.25, 0.3) is 10.9 Å². The fourth-order valence-electron chi connectivity index (χ4n) is 3.10. The van der Waals surface area contributed by atoms with Crippen LogP contribution in [0.3, 0.4) is 0 Å². The summed E-state index contributed by atoms with van der Waals surface area (Å²) >= 11 is 6.38. The van der Waals surface area contributed by atoms with Crippen molar-refractivity contribution in [3.8, 4) is 5.75 Å². The van der Waals surface area contributed by atoms with Crippen molar-refractivity contribution in [1.29, 1.82) is 0 Å². The van der Waals surface area contributed by atoms with Crippen molar-refractivity contribution < 1.29 is 4.74 Å². The first-order valence-electron chi connectivity index (χ1n) is 6.24. The zero-order valence-electron chi connectivity index (χ0n) is 10.7. The minimum absolute atomic E-state index is 0.0852. The molecular formula is C14H17ClN2O. The van der Waals surface area contributed by atoms with Gasteiger partial charge in [-0.25, -0.2) is 0 Å². The highest BCUT2D eigenvalue weighted by atomic mass is 35.5. The highest BCUT2D eigenvalue weighted by Gasteiger charge is 2.26. The summed E-state index contributed by atoms with van der Waals surface area (Å²) in [4.78, 5) is 0. The zero-order valence-corrected chi connectivity index (χ0v) is 11.4. The molecule has 1 aliphatic rings. The number of hydrogen-bond acceptors (Lipinski definition) is 2. The Morgan fingerprint density at radius 3 is 2.94 bits per heavy atom. The lowest BCUT2D eigenvalue weighted by molar-refractivity contribution is 0.417. The van der Waals surface area contributed by atoms with Gasteiger partial charge in [-0.3, -0.25) is 0 Å². The van der Waals surface area contributed by atoms with E-state index in [0.29, 0.717) is 0 Å². The van der Waals surface area contributed by atoms with Crippen molar-refractivity contribution in [3.63, 3.8) is 0 Å². The molecule has 0 saturated heterocycles. The van der Waals surface area contributed by atoms with Crippen LogP contribution in [-0.4, -0.2) is 11.7 Å². The number of rotatable bonds is 1. The van der Waals surface area contributed by atoms with Gasteiger partial charge in [-0.05, 0) is 37.0 Å². The van der Waals surface area contributed by atoms with E-state index in [1.807, 2.05) is 12.1 Å². The number of halogens is 1. The molecule has 0 spiro atoms. The second-order valence-corrected chi connectivity index (χ2v) is 5.30. The number of nitrogens with two attached hydrogens (primary N) is 1. The third-order valence-corrected chi connectivity index (χ3v) is 4.24. The van der Waals surface area contributed by atoms with E-state index in [-0.39, 0.29) is 6.04 Å². The summed E-state index contributed by atoms with van der Waals surface area (Å²) in [6.45, 7) is 0. The maximum atomic E-state index is 6.38. The summed E-state index contributed by atoms with van der Waals surface area (Å²) < 4.78 is 7.64. The predicted octanol–water partition coefficient (Wildman–Crippen LogP) is 3.18. The largest absolute Gasteiger partial charge is 0.495 e. The molecular weight excluding hydrogens is 248 g/mol. The first-order valence-corrected chi connectivity index (χ1v) is 6.62. The highest BCUT2D eigenvalue weighted by Crippen LogP contribution is 2.42. The quantitative estimate of drug-likeness (QED) is 0.859. The summed E-state index contributed by atoms with van der Waals surface area (Å²) in [5, 5.41) is 1.83. The average molecular weight is 265 g/mol. The number of benzene rings is 1. The molecule has 4 heteroatoms. The Bertz CT molecular complexity index is 618. The third kappa shape index (κ3) is 1.47. The van der Waals surface area contributed by atoms with E-state index < -0.39 is 0 Å². The number of aryl methyl sites for hydroxylation is 1. The van der Waals surface area contributed by atoms with Gasteiger partial charge in [-0.1, -0.05) is 11.6 Å². The van der Waals surface area contributed by atoms with E-state index in [9.17, 15) is 0 Å². The molecule has 2 N–H and O–H groups in total. The maximum Gasteiger partial charge on any atom is 0.143 e. The summed E-state index contributed by atoms with van der Waals surface area (Å²) in [7, 11) is 3.76. The van der Waals surface area contributed by atoms with Crippen LogP contribution in [0.4, 0.5) is 0 Å². The minimum atomic E-state index is 0.0852. The Labute approximate surface area is 111 Å². The molecule has 1 aliphatic carbocycles. The van der Waals surface area contributed by atoms with Crippen LogP contribution in [0.2, 0.25) is 5.02 Å². The van der Waals surface area contributed by atoms with Crippen LogP contribution in [0, 0.1) is 0 Å². The van der Waals surface area contributed by atoms with Gasteiger partial charge in [0.05, 0.1) is 17.6 Å². The Hall–Kier alpha value is -1.19. The Kier molecular flexibility index (Phi) is 2.76. The van der Waals surface area contributed by atoms with Gasteiger partial charge in [0.15, 0.2) is 0 Å². The molecule has 2 aromatic rings. The third-order valence-electron chi connectivity index (χ3n) is 3.93. The fourth-order valence-corrected chi connectivity index (χ4v) is 3.35. The molecule has 0 radical (unpaired) electrons. The first kappa shape index (κ1) is 11.9. The maximum absolute atomic E-state index is 6.38. The highest BCUT2D eigenvalue weighted by molar-refractivity contribution is 6.36. The number of methoxy groups -OCH3 is 1. The molecule has 3 rings (SSSR count). The Balaban J connectivity index is 2.46. The van der Waals surface area contributed by atoms with Crippen molar-refractivity contribution in [2.75, 3.05) is 7.11 Å². The molecule has 0 fully saturated rings. The number of fused-ring (bicyclic) bond motifs is 3. The monoisotopic (exact) mass is 264 g/mol. The number of hydrogen-bond donors (Lipinski definition) is 1. The molecule has 1 heterocycles. The van der Waals surface area contributed by atoms with Gasteiger partial charge in [0.25, 0.3) is 0 Å². The van der Waals surface area contributed by atoms with Crippen molar-refractivity contribution in [3.05, 3.63) is 28.4 Å². The van der Waals surface area contributed by atoms with Gasteiger partial charge < -0.3 is 15.0 Å². The number of aromatic nitrogens is 1. The SMILES string of the molecule is COc1ccc(Cl)c2c3c(n(C)c12)CCCC3N. The molecule has 0 aliphatic heterocycles. The van der Waals surface area contributed by atoms with Crippen molar-refractivity contribution in [2.45, 2.75) is 25.3 Å². The molecule has 3 nitrogen and oxygen atoms in total. The standard InChI is InChI=1S/C14H17ClN2O/c1-17-10-5-3-4-9(16)13(10)12-8(15)6-7-11(18-2)14(12)17/h6-7,9H,3-5,16H2,1-2H3. The minimum Gasteiger partial charge on any atom is -0.495 e. The van der Waals surface area contributed by atoms with E-state index in [0.717, 1.165) is 40.9 Å². The van der Waals surface area contributed by atoms with Gasteiger partial charge in [0, 0.05) is 24.2 Å². The summed E-state index contributed by atoms with van der Waals surface area (Å²) in [5.41, 5.74) is 9.85. The average Bonchev–Trinajstić information content (AvgIpc) is 2.67. The smallest absolute Gasteiger partial charge is 0.143 e. The van der Waals surface area contributed by atoms with Crippen molar-refractivity contribution in [2.24, 2.45) is 12.8 Å². The number of nitrogens with zero attached hydrogens (tertiary/aromatic N) is 1. The molecule has 96 valence electrons. The Morgan fingerprint density at radius 2 is 2.22 bits per heavy atom. The lowest BCUT2D eigenvalue weighted by Crippen LogP contribution is -2.17. The predicted molar refractivity (Wildman–Crippen MR) is 74.3 cm³/mol. The molecule has 18 heavy (non-hydrogen) atoms. The molecule has 0 bridgehead atoms. The first-order chi connectivity index (χ1) is 8.65. The van der Waals surface area contributed by atoms with Crippen LogP contribution >= 0.6 is 11.6 Å². The van der Waals surface area contributed by atoms with E-state index in [1.54, 1.807) is 7.11 Å². The topological polar surface area (TPSA) is 40.2 Å². The van der Waals surface area contributed by atoms with E-state index >= 15 is 0 Å². The lowest BCUT2D eigenvalue weighted by atomic mass is 9.91. The van der Waals surface area contributed by atoms with Crippen LogP contribution in [0.15, 0.2) is 12.1 Å². The van der Waals surface area contributed by atoms with Gasteiger partial charge >= 0.3 is 0 Å². The van der Waals surface area contributed by atoms with Gasteiger partial charge in [0.2, 0.25) is 0 Å². The second-order valence-electron chi connectivity index (χ2n) is 4.89. The molecule has 1 atom stereocenters. The molecule has 1 unspecified atom stereocenters. The zero-order chi connectivity index (χ0) is 12.9. The van der Waals surface area contributed by atoms with Crippen molar-refractivity contribution >= 4 is 22.5 Å². The molecule has 0 amide bonds. The van der Waals surface area contributed by atoms with E-state index in [4.69, 9.17) is 22.1 Å². The second kappa shape index (κ2) is 4.18. The van der Waals surface area contributed by atoms with E-state index in [1.165, 1.54) is 11.3 Å². The summed E-state index contributed by atoms with van der Waals surface area (Å²) in [5.74, 6) is 0.860. The van der Waals surface area contributed by atoms with Gasteiger partial charge in [-0.15, -0.1) is 0 Å². The van der Waals surface area contributed by atoms with Crippen LogP contribution in [0.1, 0.15) is 30.1 Å². The normalized spacial score (nSPS) is 19.0. The van der Waals surface area contributed by atoms with E-state index in [2.05, 4.69) is 11.6 Å². The van der Waals surface area contributed by atoms with Crippen LogP contribution < -0.4 is 10.5 Å². The van der Waals surface area contributed by atoms with Gasteiger partial charge in [-0.2, -0.15) is 0 Å². The Morgan fingerprint density at radius 1 is 1.44 bits per heavy atom. The fraction of sp³-hybridized carbons (Fsp3) is 0.429. The van der Waals surface area contributed by atoms with Crippen LogP contribution in [0.5, 0.6) is 5.75 Å². The summed E-state index contributed by atoms with van der Waals surface area (Å²) in [6, 6.07) is 3.90. The van der Waals surface area contributed by atoms with Crippen LogP contribution in [-0.2, 0) is 13.5 Å². The lowest BCUT2D eigenvalue weighted by Gasteiger charge is -2.20. The van der Waals surface area contributed by atoms with Crippen molar-refractivity contribution in [1.82, 2.24) is 4.57 Å². The summed E-state index contributed by atoms with van der Waals surface area (Å²) in [6.07, 6.45) is 3.23. The molecule has 0 saturated carbocycles. The number of ether oxygens (including phenoxy) is 1. The molecule has 1 aromatic heterocycles. The molecule has 1 aromatic carbocycles.